The summed E-state index contributed by atoms with van der Waals surface area (Å²) in [5, 5.41) is 3.86. The van der Waals surface area contributed by atoms with E-state index in [2.05, 4.69) is 30.8 Å². The molecule has 0 radical (unpaired) electrons. The fraction of sp³-hybridized carbons (Fsp3) is 1.00. The van der Waals surface area contributed by atoms with Crippen molar-refractivity contribution in [3.63, 3.8) is 0 Å². The Bertz CT molecular complexity index is 365. The van der Waals surface area contributed by atoms with E-state index in [0.29, 0.717) is 26.4 Å². The summed E-state index contributed by atoms with van der Waals surface area (Å²) in [5.41, 5.74) is 8.86. The van der Waals surface area contributed by atoms with Crippen molar-refractivity contribution in [2.24, 2.45) is 5.11 Å². The first kappa shape index (κ1) is 25.1. The van der Waals surface area contributed by atoms with Crippen LogP contribution in [0.4, 0.5) is 0 Å². The van der Waals surface area contributed by atoms with Gasteiger partial charge in [-0.1, -0.05) is 52.1 Å². The summed E-state index contributed by atoms with van der Waals surface area (Å²) in [6, 6.07) is -0.350. The minimum absolute atomic E-state index is 0.272. The van der Waals surface area contributed by atoms with Crippen molar-refractivity contribution < 1.29 is 18.9 Å². The molecule has 0 rings (SSSR count). The van der Waals surface area contributed by atoms with Crippen LogP contribution in [0.3, 0.4) is 0 Å². The molecule has 0 aliphatic rings. The summed E-state index contributed by atoms with van der Waals surface area (Å²) in [6.07, 6.45) is 5.12. The molecule has 0 N–H and O–H groups in total. The van der Waals surface area contributed by atoms with Crippen molar-refractivity contribution in [3.8, 4) is 0 Å². The van der Waals surface area contributed by atoms with Crippen LogP contribution in [-0.2, 0) is 18.9 Å². The summed E-state index contributed by atoms with van der Waals surface area (Å²) in [4.78, 5) is 2.95. The smallest absolute Gasteiger partial charge is 0.112 e. The van der Waals surface area contributed by atoms with E-state index in [1.54, 1.807) is 7.11 Å². The minimum atomic E-state index is -0.367. The van der Waals surface area contributed by atoms with Gasteiger partial charge in [-0.25, -0.2) is 0 Å². The van der Waals surface area contributed by atoms with E-state index in [9.17, 15) is 0 Å². The summed E-state index contributed by atoms with van der Waals surface area (Å²) in [7, 11) is 1.66. The zero-order valence-electron chi connectivity index (χ0n) is 17.4. The Labute approximate surface area is 159 Å². The second-order valence-electron chi connectivity index (χ2n) is 6.53. The number of azide groups is 1. The van der Waals surface area contributed by atoms with E-state index in [4.69, 9.17) is 24.5 Å². The molecule has 0 spiro atoms. The second-order valence-corrected chi connectivity index (χ2v) is 6.53. The van der Waals surface area contributed by atoms with Gasteiger partial charge in [-0.15, -0.1) is 0 Å². The van der Waals surface area contributed by atoms with E-state index < -0.39 is 0 Å². The van der Waals surface area contributed by atoms with Crippen LogP contribution in [0.15, 0.2) is 5.11 Å². The normalized spacial score (nSPS) is 15.9. The maximum Gasteiger partial charge on any atom is 0.112 e. The molecule has 0 saturated heterocycles. The molecule has 3 unspecified atom stereocenters. The average Bonchev–Trinajstić information content (AvgIpc) is 2.64. The number of ether oxygens (including phenoxy) is 4. The fourth-order valence-electron chi connectivity index (χ4n) is 2.54. The van der Waals surface area contributed by atoms with Crippen LogP contribution in [0.25, 0.3) is 10.4 Å². The van der Waals surface area contributed by atoms with Gasteiger partial charge >= 0.3 is 0 Å². The van der Waals surface area contributed by atoms with Gasteiger partial charge in [0.2, 0.25) is 0 Å². The molecule has 0 aliphatic carbocycles. The molecule has 0 aromatic carbocycles. The summed E-state index contributed by atoms with van der Waals surface area (Å²) < 4.78 is 23.7. The molecule has 0 bridgehead atoms. The Hall–Kier alpha value is -0.850. The third-order valence-electron chi connectivity index (χ3n) is 4.24. The first-order valence-electron chi connectivity index (χ1n) is 10.0. The molecule has 0 aromatic heterocycles. The van der Waals surface area contributed by atoms with E-state index in [1.807, 2.05) is 6.92 Å². The molecule has 0 aliphatic heterocycles. The summed E-state index contributed by atoms with van der Waals surface area (Å²) in [5.74, 6) is 0. The Balaban J connectivity index is 5.16. The van der Waals surface area contributed by atoms with Crippen molar-refractivity contribution >= 4 is 0 Å². The molecule has 154 valence electrons. The molecule has 7 nitrogen and oxygen atoms in total. The van der Waals surface area contributed by atoms with Crippen molar-refractivity contribution in [2.45, 2.75) is 90.6 Å². The third kappa shape index (κ3) is 11.0. The van der Waals surface area contributed by atoms with Gasteiger partial charge in [-0.2, -0.15) is 0 Å². The Kier molecular flexibility index (Phi) is 17.0. The lowest BCUT2D eigenvalue weighted by molar-refractivity contribution is -0.152. The van der Waals surface area contributed by atoms with E-state index in [-0.39, 0.29) is 24.4 Å². The van der Waals surface area contributed by atoms with Crippen molar-refractivity contribution in [2.75, 3.05) is 33.5 Å². The molecular weight excluding hydrogens is 334 g/mol. The number of hydrogen-bond acceptors (Lipinski definition) is 5. The number of rotatable bonds is 18. The van der Waals surface area contributed by atoms with Crippen LogP contribution >= 0.6 is 0 Å². The molecular formula is C19H39N3O4. The summed E-state index contributed by atoms with van der Waals surface area (Å²) in [6.45, 7) is 10.6. The van der Waals surface area contributed by atoms with Crippen LogP contribution in [0.2, 0.25) is 0 Å². The van der Waals surface area contributed by atoms with E-state index in [0.717, 1.165) is 38.5 Å². The van der Waals surface area contributed by atoms with Crippen LogP contribution in [-0.4, -0.2) is 57.9 Å². The predicted octanol–water partition coefficient (Wildman–Crippen LogP) is 4.89. The highest BCUT2D eigenvalue weighted by atomic mass is 16.6. The zero-order valence-corrected chi connectivity index (χ0v) is 17.4. The monoisotopic (exact) mass is 373 g/mol. The highest BCUT2D eigenvalue weighted by Gasteiger charge is 2.35. The highest BCUT2D eigenvalue weighted by molar-refractivity contribution is 4.87. The van der Waals surface area contributed by atoms with Gasteiger partial charge in [-0.05, 0) is 24.8 Å². The van der Waals surface area contributed by atoms with Crippen LogP contribution in [0.5, 0.6) is 0 Å². The zero-order chi connectivity index (χ0) is 19.6. The minimum Gasteiger partial charge on any atom is -0.379 e. The quantitative estimate of drug-likeness (QED) is 0.148. The average molecular weight is 374 g/mol. The van der Waals surface area contributed by atoms with E-state index >= 15 is 0 Å². The lowest BCUT2D eigenvalue weighted by Gasteiger charge is -2.34. The molecule has 0 heterocycles. The van der Waals surface area contributed by atoms with Crippen LogP contribution in [0.1, 0.15) is 66.2 Å². The number of hydrogen-bond donors (Lipinski definition) is 0. The predicted molar refractivity (Wildman–Crippen MR) is 104 cm³/mol. The molecule has 0 saturated carbocycles. The number of unbranched alkanes of at least 4 members (excludes halogenated alkanes) is 3. The van der Waals surface area contributed by atoms with Gasteiger partial charge in [0.25, 0.3) is 0 Å². The molecule has 0 fully saturated rings. The standard InChI is InChI=1S/C19H39N3O4/c1-6-9-12-24-15-17(23-5)19(26-14-11-8-3)18(16(4)21-22-20)25-13-10-7-2/h16-19H,6-15H2,1-5H3/t16?,17?,18?,19-/m0/s1. The van der Waals surface area contributed by atoms with Gasteiger partial charge in [0.1, 0.15) is 12.2 Å². The van der Waals surface area contributed by atoms with Gasteiger partial charge in [0.05, 0.1) is 18.8 Å². The SMILES string of the molecule is CCCCOCC(OC)[C@H](OCCCC)C(OCCCC)C(C)N=[N+]=[N-]. The lowest BCUT2D eigenvalue weighted by atomic mass is 10.0. The van der Waals surface area contributed by atoms with Gasteiger partial charge < -0.3 is 18.9 Å². The molecule has 4 atom stereocenters. The van der Waals surface area contributed by atoms with Crippen LogP contribution in [0, 0.1) is 0 Å². The van der Waals surface area contributed by atoms with Crippen molar-refractivity contribution in [1.82, 2.24) is 0 Å². The van der Waals surface area contributed by atoms with Crippen LogP contribution < -0.4 is 0 Å². The molecule has 26 heavy (non-hydrogen) atoms. The summed E-state index contributed by atoms with van der Waals surface area (Å²) >= 11 is 0. The number of nitrogens with zero attached hydrogens (tertiary/aromatic N) is 3. The van der Waals surface area contributed by atoms with E-state index in [1.165, 1.54) is 0 Å². The van der Waals surface area contributed by atoms with Crippen molar-refractivity contribution in [1.29, 1.82) is 0 Å². The highest BCUT2D eigenvalue weighted by Crippen LogP contribution is 2.19. The maximum absolute atomic E-state index is 8.86. The maximum atomic E-state index is 8.86. The molecule has 0 amide bonds. The first-order valence-corrected chi connectivity index (χ1v) is 10.0. The van der Waals surface area contributed by atoms with Gasteiger partial charge in [-0.3, -0.25) is 0 Å². The largest absolute Gasteiger partial charge is 0.379 e. The number of methoxy groups -OCH3 is 1. The molecule has 7 heteroatoms. The van der Waals surface area contributed by atoms with Crippen molar-refractivity contribution in [3.05, 3.63) is 10.4 Å². The lowest BCUT2D eigenvalue weighted by Crippen LogP contribution is -2.49. The Morgan fingerprint density at radius 1 is 0.885 bits per heavy atom. The molecule has 0 aromatic rings. The third-order valence-corrected chi connectivity index (χ3v) is 4.24. The Morgan fingerprint density at radius 3 is 1.92 bits per heavy atom. The fourth-order valence-corrected chi connectivity index (χ4v) is 2.54. The topological polar surface area (TPSA) is 85.7 Å². The van der Waals surface area contributed by atoms with Gasteiger partial charge in [0.15, 0.2) is 0 Å². The second kappa shape index (κ2) is 17.6. The Morgan fingerprint density at radius 2 is 1.42 bits per heavy atom. The van der Waals surface area contributed by atoms with Gasteiger partial charge in [0, 0.05) is 31.8 Å². The first-order chi connectivity index (χ1) is 12.7.